The van der Waals surface area contributed by atoms with Gasteiger partial charge in [0, 0.05) is 11.5 Å². The van der Waals surface area contributed by atoms with Crippen LogP contribution in [0.5, 0.6) is 5.75 Å². The Labute approximate surface area is 245 Å². The Morgan fingerprint density at radius 1 is 1.17 bits per heavy atom. The van der Waals surface area contributed by atoms with Crippen LogP contribution in [-0.2, 0) is 25.6 Å². The maximum absolute atomic E-state index is 14.4. The molecule has 0 radical (unpaired) electrons. The van der Waals surface area contributed by atoms with E-state index in [0.29, 0.717) is 28.0 Å². The summed E-state index contributed by atoms with van der Waals surface area (Å²) in [7, 11) is 0. The number of fused-ring (bicyclic) bond motifs is 4. The van der Waals surface area contributed by atoms with Crippen molar-refractivity contribution >= 4 is 46.9 Å². The molecule has 2 aliphatic carbocycles. The minimum Gasteiger partial charge on any atom is -0.507 e. The molecule has 0 aromatic heterocycles. The number of phenols is 1. The first-order valence-corrected chi connectivity index (χ1v) is 13.9. The maximum atomic E-state index is 14.4. The van der Waals surface area contributed by atoms with E-state index >= 15 is 0 Å². The number of amides is 6. The lowest BCUT2D eigenvalue weighted by Crippen LogP contribution is -2.49. The third-order valence-electron chi connectivity index (χ3n) is 9.48. The SMILES string of the molecule is C=CCc1cccc([C@H]2C3=CC[C@@H]4C(=O)N(C(N)=O)C(=O)[C@@H]4[C@@H]3C[C@H]3C(=O)N(c4ccc(F)c(Cl)c4)C(=O)[C@@]23C)c1O. The number of hydrogen-bond donors (Lipinski definition) is 2. The van der Waals surface area contributed by atoms with Gasteiger partial charge in [0.05, 0.1) is 33.9 Å². The number of rotatable bonds is 4. The highest BCUT2D eigenvalue weighted by Gasteiger charge is 2.68. The number of aromatic hydroxyl groups is 1. The van der Waals surface area contributed by atoms with Crippen molar-refractivity contribution in [1.29, 1.82) is 0 Å². The molecule has 216 valence electrons. The fourth-order valence-corrected chi connectivity index (χ4v) is 7.79. The van der Waals surface area contributed by atoms with E-state index in [4.69, 9.17) is 17.3 Å². The van der Waals surface area contributed by atoms with Gasteiger partial charge in [0.1, 0.15) is 11.6 Å². The van der Waals surface area contributed by atoms with Crippen molar-refractivity contribution in [3.63, 3.8) is 0 Å². The molecule has 3 N–H and O–H groups in total. The van der Waals surface area contributed by atoms with E-state index in [9.17, 15) is 33.5 Å². The van der Waals surface area contributed by atoms with Gasteiger partial charge in [-0.05, 0) is 55.9 Å². The monoisotopic (exact) mass is 591 g/mol. The lowest BCUT2D eigenvalue weighted by Gasteiger charge is -2.49. The zero-order valence-electron chi connectivity index (χ0n) is 22.6. The molecule has 4 aliphatic rings. The highest BCUT2D eigenvalue weighted by Crippen LogP contribution is 2.64. The largest absolute Gasteiger partial charge is 0.507 e. The van der Waals surface area contributed by atoms with Gasteiger partial charge in [-0.25, -0.2) is 14.1 Å². The molecule has 6 rings (SSSR count). The molecule has 6 atom stereocenters. The second-order valence-electron chi connectivity index (χ2n) is 11.5. The molecule has 2 aromatic carbocycles. The van der Waals surface area contributed by atoms with Crippen LogP contribution in [0.3, 0.4) is 0 Å². The number of allylic oxidation sites excluding steroid dienone is 3. The topological polar surface area (TPSA) is 138 Å². The average Bonchev–Trinajstić information content (AvgIpc) is 3.31. The summed E-state index contributed by atoms with van der Waals surface area (Å²) in [6.45, 7) is 5.41. The first kappa shape index (κ1) is 27.8. The zero-order valence-corrected chi connectivity index (χ0v) is 23.3. The first-order chi connectivity index (χ1) is 19.9. The van der Waals surface area contributed by atoms with E-state index in [0.717, 1.165) is 11.0 Å². The molecule has 9 nitrogen and oxygen atoms in total. The molecule has 3 fully saturated rings. The number of carbonyl (C=O) groups is 5. The van der Waals surface area contributed by atoms with Gasteiger partial charge in [0.25, 0.3) is 0 Å². The predicted octanol–water partition coefficient (Wildman–Crippen LogP) is 4.22. The Bertz CT molecular complexity index is 1650. The lowest BCUT2D eigenvalue weighted by atomic mass is 9.51. The van der Waals surface area contributed by atoms with Gasteiger partial charge in [-0.2, -0.15) is 4.90 Å². The Morgan fingerprint density at radius 3 is 2.57 bits per heavy atom. The predicted molar refractivity (Wildman–Crippen MR) is 149 cm³/mol. The molecule has 2 aliphatic heterocycles. The van der Waals surface area contributed by atoms with E-state index in [1.807, 2.05) is 0 Å². The van der Waals surface area contributed by atoms with Crippen molar-refractivity contribution in [2.24, 2.45) is 34.8 Å². The summed E-state index contributed by atoms with van der Waals surface area (Å²) in [6.07, 6.45) is 3.92. The van der Waals surface area contributed by atoms with Gasteiger partial charge in [0.15, 0.2) is 0 Å². The maximum Gasteiger partial charge on any atom is 0.328 e. The first-order valence-electron chi connectivity index (χ1n) is 13.6. The van der Waals surface area contributed by atoms with Gasteiger partial charge in [-0.3, -0.25) is 19.2 Å². The van der Waals surface area contributed by atoms with Crippen LogP contribution in [0, 0.1) is 34.9 Å². The van der Waals surface area contributed by atoms with Crippen molar-refractivity contribution in [1.82, 2.24) is 4.90 Å². The number of anilines is 1. The second-order valence-corrected chi connectivity index (χ2v) is 11.9. The molecule has 0 bridgehead atoms. The van der Waals surface area contributed by atoms with Gasteiger partial charge in [0.2, 0.25) is 23.6 Å². The number of para-hydroxylation sites is 1. The normalized spacial score (nSPS) is 30.2. The zero-order chi connectivity index (χ0) is 30.2. The fraction of sp³-hybridized carbons (Fsp3) is 0.323. The number of carbonyl (C=O) groups excluding carboxylic acids is 5. The van der Waals surface area contributed by atoms with Crippen LogP contribution in [0.2, 0.25) is 5.02 Å². The summed E-state index contributed by atoms with van der Waals surface area (Å²) in [4.78, 5) is 68.5. The van der Waals surface area contributed by atoms with Crippen LogP contribution in [0.1, 0.15) is 36.8 Å². The average molecular weight is 592 g/mol. The van der Waals surface area contributed by atoms with Gasteiger partial charge < -0.3 is 10.8 Å². The standard InChI is InChI=1S/C31H27ClFN3O6/c1-3-5-14-6-4-7-18(25(14)37)24-16-9-10-17-23(28(40)36(26(17)38)30(34)42)19(16)13-20-27(39)35(29(41)31(20,24)2)15-8-11-22(33)21(32)12-15/h3-4,6-9,11-12,17,19-20,23-24,37H,1,5,10,13H2,2H3,(H2,34,42)/t17-,19+,20-,23-,24+,31+/m0/s1. The van der Waals surface area contributed by atoms with Crippen LogP contribution in [0.4, 0.5) is 14.9 Å². The molecule has 0 unspecified atom stereocenters. The summed E-state index contributed by atoms with van der Waals surface area (Å²) in [5.41, 5.74) is 5.63. The van der Waals surface area contributed by atoms with E-state index in [1.54, 1.807) is 37.3 Å². The fourth-order valence-electron chi connectivity index (χ4n) is 7.61. The summed E-state index contributed by atoms with van der Waals surface area (Å²) in [5, 5.41) is 11.2. The molecule has 6 amide bonds. The van der Waals surface area contributed by atoms with Crippen molar-refractivity contribution in [3.8, 4) is 5.75 Å². The number of benzene rings is 2. The highest BCUT2D eigenvalue weighted by atomic mass is 35.5. The number of halogens is 2. The molecule has 2 heterocycles. The van der Waals surface area contributed by atoms with Crippen molar-refractivity contribution in [3.05, 3.63) is 82.7 Å². The minimum absolute atomic E-state index is 0.0364. The minimum atomic E-state index is -1.42. The van der Waals surface area contributed by atoms with Gasteiger partial charge in [-0.15, -0.1) is 6.58 Å². The third-order valence-corrected chi connectivity index (χ3v) is 9.77. The van der Waals surface area contributed by atoms with Crippen LogP contribution < -0.4 is 10.6 Å². The lowest BCUT2D eigenvalue weighted by molar-refractivity contribution is -0.136. The molecule has 1 saturated carbocycles. The number of phenolic OH excluding ortho intramolecular Hbond substituents is 1. The number of likely N-dealkylation sites (tertiary alicyclic amines) is 1. The quantitative estimate of drug-likeness (QED) is 0.403. The van der Waals surface area contributed by atoms with E-state index in [2.05, 4.69) is 6.58 Å². The Hall–Kier alpha value is -4.31. The summed E-state index contributed by atoms with van der Waals surface area (Å²) in [5.74, 6) is -7.68. The molecule has 42 heavy (non-hydrogen) atoms. The van der Waals surface area contributed by atoms with Crippen LogP contribution >= 0.6 is 11.6 Å². The Balaban J connectivity index is 1.55. The Morgan fingerprint density at radius 2 is 1.90 bits per heavy atom. The van der Waals surface area contributed by atoms with Crippen LogP contribution in [0.15, 0.2) is 60.7 Å². The van der Waals surface area contributed by atoms with E-state index < -0.39 is 70.5 Å². The summed E-state index contributed by atoms with van der Waals surface area (Å²) < 4.78 is 14.0. The van der Waals surface area contributed by atoms with E-state index in [-0.39, 0.29) is 29.3 Å². The number of imide groups is 4. The number of nitrogens with zero attached hydrogens (tertiary/aromatic N) is 2. The van der Waals surface area contributed by atoms with Gasteiger partial charge in [-0.1, -0.05) is 47.5 Å². The number of primary amides is 1. The molecule has 0 spiro atoms. The molecule has 11 heteroatoms. The third kappa shape index (κ3) is 3.64. The Kier molecular flexibility index (Phi) is 6.38. The van der Waals surface area contributed by atoms with Crippen LogP contribution in [0.25, 0.3) is 0 Å². The summed E-state index contributed by atoms with van der Waals surface area (Å²) in [6, 6.07) is 7.54. The smallest absolute Gasteiger partial charge is 0.328 e. The molecular weight excluding hydrogens is 565 g/mol. The number of hydrogen-bond acceptors (Lipinski definition) is 6. The molecule has 2 saturated heterocycles. The number of urea groups is 1. The summed E-state index contributed by atoms with van der Waals surface area (Å²) >= 11 is 6.01. The number of nitrogens with two attached hydrogens (primary N) is 1. The second kappa shape index (κ2) is 9.62. The molecule has 2 aromatic rings. The van der Waals surface area contributed by atoms with E-state index in [1.165, 1.54) is 12.1 Å². The van der Waals surface area contributed by atoms with Gasteiger partial charge >= 0.3 is 6.03 Å². The van der Waals surface area contributed by atoms with Crippen molar-refractivity contribution in [2.75, 3.05) is 4.90 Å². The van der Waals surface area contributed by atoms with Crippen molar-refractivity contribution in [2.45, 2.75) is 32.1 Å². The highest BCUT2D eigenvalue weighted by molar-refractivity contribution is 6.31. The molecular formula is C31H27ClFN3O6. The van der Waals surface area contributed by atoms with Crippen LogP contribution in [-0.4, -0.2) is 39.7 Å². The van der Waals surface area contributed by atoms with Crippen molar-refractivity contribution < 1.29 is 33.5 Å².